The number of hydrogen-bond donors (Lipinski definition) is 2. The van der Waals surface area contributed by atoms with Crippen LogP contribution in [0.2, 0.25) is 0 Å². The molecule has 0 aromatic heterocycles. The van der Waals surface area contributed by atoms with Gasteiger partial charge in [-0.1, -0.05) is 38.5 Å². The Bertz CT molecular complexity index is 221. The maximum Gasteiger partial charge on any atom is 0.130 e. The maximum atomic E-state index is 6.03. The van der Waals surface area contributed by atoms with Gasteiger partial charge < -0.3 is 21.5 Å². The summed E-state index contributed by atoms with van der Waals surface area (Å²) < 4.78 is 1.21. The molecule has 1 fully saturated rings. The number of hydrogen-bond acceptors (Lipinski definition) is 2. The van der Waals surface area contributed by atoms with E-state index >= 15 is 0 Å². The van der Waals surface area contributed by atoms with Crippen LogP contribution >= 0.6 is 12.6 Å². The van der Waals surface area contributed by atoms with Crippen LogP contribution < -0.4 is 22.7 Å². The molecular formula is C17H37BrN2S. The lowest BCUT2D eigenvalue weighted by molar-refractivity contribution is -0.932. The SMILES string of the molecule is NC[N+]1(CCCCCCCCCCCS)CCCCC1.[Br-]. The van der Waals surface area contributed by atoms with Crippen LogP contribution in [0.15, 0.2) is 0 Å². The molecule has 1 heterocycles. The van der Waals surface area contributed by atoms with Crippen LogP contribution in [0.25, 0.3) is 0 Å². The van der Waals surface area contributed by atoms with E-state index in [9.17, 15) is 0 Å². The van der Waals surface area contributed by atoms with E-state index in [1.54, 1.807) is 0 Å². The third-order valence-corrected chi connectivity index (χ3v) is 5.26. The molecule has 128 valence electrons. The van der Waals surface area contributed by atoms with E-state index in [1.165, 1.54) is 101 Å². The van der Waals surface area contributed by atoms with Crippen molar-refractivity contribution in [3.05, 3.63) is 0 Å². The molecule has 0 aliphatic carbocycles. The number of quaternary nitrogens is 1. The number of likely N-dealkylation sites (tertiary alicyclic amines) is 1. The van der Waals surface area contributed by atoms with Crippen molar-refractivity contribution in [3.8, 4) is 0 Å². The first-order valence-electron chi connectivity index (χ1n) is 8.99. The molecule has 0 amide bonds. The Morgan fingerprint density at radius 1 is 0.714 bits per heavy atom. The molecule has 1 aliphatic heterocycles. The number of rotatable bonds is 12. The highest BCUT2D eigenvalue weighted by Crippen LogP contribution is 2.19. The first-order valence-corrected chi connectivity index (χ1v) is 9.62. The van der Waals surface area contributed by atoms with Gasteiger partial charge in [0.25, 0.3) is 0 Å². The van der Waals surface area contributed by atoms with Gasteiger partial charge in [-0.2, -0.15) is 12.6 Å². The van der Waals surface area contributed by atoms with Crippen molar-refractivity contribution in [3.63, 3.8) is 0 Å². The summed E-state index contributed by atoms with van der Waals surface area (Å²) in [6.07, 6.45) is 16.8. The van der Waals surface area contributed by atoms with E-state index in [-0.39, 0.29) is 17.0 Å². The molecule has 0 spiro atoms. The Hall–Kier alpha value is 0.750. The highest BCUT2D eigenvalue weighted by molar-refractivity contribution is 7.80. The zero-order valence-electron chi connectivity index (χ0n) is 13.9. The van der Waals surface area contributed by atoms with E-state index in [4.69, 9.17) is 5.73 Å². The maximum absolute atomic E-state index is 6.03. The minimum absolute atomic E-state index is 0. The minimum Gasteiger partial charge on any atom is -1.00 e. The largest absolute Gasteiger partial charge is 1.00 e. The van der Waals surface area contributed by atoms with Gasteiger partial charge in [-0.15, -0.1) is 0 Å². The van der Waals surface area contributed by atoms with Crippen LogP contribution in [-0.2, 0) is 0 Å². The number of nitrogens with zero attached hydrogens (tertiary/aromatic N) is 1. The highest BCUT2D eigenvalue weighted by Gasteiger charge is 2.27. The molecule has 21 heavy (non-hydrogen) atoms. The van der Waals surface area contributed by atoms with Gasteiger partial charge in [0.05, 0.1) is 19.6 Å². The lowest BCUT2D eigenvalue weighted by Crippen LogP contribution is -3.00. The van der Waals surface area contributed by atoms with Gasteiger partial charge in [0.1, 0.15) is 6.67 Å². The van der Waals surface area contributed by atoms with Crippen molar-refractivity contribution in [1.29, 1.82) is 0 Å². The van der Waals surface area contributed by atoms with E-state index in [1.807, 2.05) is 0 Å². The smallest absolute Gasteiger partial charge is 0.130 e. The van der Waals surface area contributed by atoms with Crippen molar-refractivity contribution in [1.82, 2.24) is 0 Å². The molecule has 2 nitrogen and oxygen atoms in total. The van der Waals surface area contributed by atoms with Gasteiger partial charge in [0.15, 0.2) is 0 Å². The number of unbranched alkanes of at least 4 members (excludes halogenated alkanes) is 8. The Morgan fingerprint density at radius 3 is 1.67 bits per heavy atom. The lowest BCUT2D eigenvalue weighted by atomic mass is 10.0. The predicted octanol–water partition coefficient (Wildman–Crippen LogP) is 1.35. The van der Waals surface area contributed by atoms with Crippen LogP contribution in [0.5, 0.6) is 0 Å². The Labute approximate surface area is 149 Å². The zero-order valence-corrected chi connectivity index (χ0v) is 16.4. The third-order valence-electron chi connectivity index (χ3n) is 4.94. The highest BCUT2D eigenvalue weighted by atomic mass is 79.9. The fraction of sp³-hybridized carbons (Fsp3) is 1.00. The molecule has 4 heteroatoms. The van der Waals surface area contributed by atoms with Crippen molar-refractivity contribution < 1.29 is 21.5 Å². The average Bonchev–Trinajstić information content (AvgIpc) is 2.50. The van der Waals surface area contributed by atoms with E-state index in [0.29, 0.717) is 0 Å². The summed E-state index contributed by atoms with van der Waals surface area (Å²) in [5.41, 5.74) is 6.03. The second-order valence-electron chi connectivity index (χ2n) is 6.66. The average molecular weight is 381 g/mol. The zero-order chi connectivity index (χ0) is 14.5. The Kier molecular flexibility index (Phi) is 14.9. The summed E-state index contributed by atoms with van der Waals surface area (Å²) in [5, 5.41) is 0. The molecule has 0 saturated carbocycles. The van der Waals surface area contributed by atoms with Crippen LogP contribution in [0.1, 0.15) is 77.0 Å². The summed E-state index contributed by atoms with van der Waals surface area (Å²) in [4.78, 5) is 0. The van der Waals surface area contributed by atoms with E-state index in [0.717, 1.165) is 12.4 Å². The van der Waals surface area contributed by atoms with Crippen molar-refractivity contribution in [2.75, 3.05) is 32.1 Å². The van der Waals surface area contributed by atoms with Gasteiger partial charge in [0.2, 0.25) is 0 Å². The fourth-order valence-corrected chi connectivity index (χ4v) is 3.70. The van der Waals surface area contributed by atoms with Crippen LogP contribution in [0, 0.1) is 0 Å². The second kappa shape index (κ2) is 14.3. The predicted molar refractivity (Wildman–Crippen MR) is 93.2 cm³/mol. The van der Waals surface area contributed by atoms with Crippen molar-refractivity contribution in [2.24, 2.45) is 5.73 Å². The number of halogens is 1. The van der Waals surface area contributed by atoms with Crippen LogP contribution in [0.4, 0.5) is 0 Å². The Balaban J connectivity index is 0.00000400. The topological polar surface area (TPSA) is 26.0 Å². The number of piperidine rings is 1. The summed E-state index contributed by atoms with van der Waals surface area (Å²) >= 11 is 4.25. The third kappa shape index (κ3) is 10.2. The molecule has 0 atom stereocenters. The molecule has 1 rings (SSSR count). The summed E-state index contributed by atoms with van der Waals surface area (Å²) in [5.74, 6) is 1.06. The van der Waals surface area contributed by atoms with Crippen molar-refractivity contribution >= 4 is 12.6 Å². The summed E-state index contributed by atoms with van der Waals surface area (Å²) in [6.45, 7) is 4.87. The molecule has 1 aliphatic rings. The summed E-state index contributed by atoms with van der Waals surface area (Å²) in [6, 6.07) is 0. The minimum atomic E-state index is 0. The van der Waals surface area contributed by atoms with Gasteiger partial charge in [0, 0.05) is 0 Å². The molecule has 1 saturated heterocycles. The molecule has 2 N–H and O–H groups in total. The quantitative estimate of drug-likeness (QED) is 0.298. The van der Waals surface area contributed by atoms with Gasteiger partial charge in [-0.3, -0.25) is 5.73 Å². The standard InChI is InChI=1S/C17H36N2S.BrH/c18-17-19(14-10-8-11-15-19)13-9-6-4-2-1-3-5-7-12-16-20;/h1-18H2;1H. The van der Waals surface area contributed by atoms with E-state index < -0.39 is 0 Å². The molecular weight excluding hydrogens is 344 g/mol. The molecule has 0 bridgehead atoms. The first-order chi connectivity index (χ1) is 9.83. The molecule has 0 aromatic rings. The van der Waals surface area contributed by atoms with Crippen LogP contribution in [0.3, 0.4) is 0 Å². The van der Waals surface area contributed by atoms with Gasteiger partial charge >= 0.3 is 0 Å². The number of thiol groups is 1. The second-order valence-corrected chi connectivity index (χ2v) is 7.11. The van der Waals surface area contributed by atoms with Crippen LogP contribution in [-0.4, -0.2) is 36.5 Å². The molecule has 0 aromatic carbocycles. The Morgan fingerprint density at radius 2 is 1.19 bits per heavy atom. The summed E-state index contributed by atoms with van der Waals surface area (Å²) in [7, 11) is 0. The van der Waals surface area contributed by atoms with Crippen molar-refractivity contribution in [2.45, 2.75) is 77.0 Å². The van der Waals surface area contributed by atoms with Gasteiger partial charge in [-0.05, 0) is 44.3 Å². The molecule has 0 unspecified atom stereocenters. The van der Waals surface area contributed by atoms with E-state index in [2.05, 4.69) is 12.6 Å². The number of nitrogens with two attached hydrogens (primary N) is 1. The monoisotopic (exact) mass is 380 g/mol. The first kappa shape index (κ1) is 21.8. The molecule has 0 radical (unpaired) electrons. The fourth-order valence-electron chi connectivity index (χ4n) is 3.48. The normalized spacial score (nSPS) is 17.4. The lowest BCUT2D eigenvalue weighted by Gasteiger charge is -2.40. The van der Waals surface area contributed by atoms with Gasteiger partial charge in [-0.25, -0.2) is 0 Å².